The molecule has 0 radical (unpaired) electrons. The number of amides is 2. The molecule has 1 saturated heterocycles. The highest BCUT2D eigenvalue weighted by Crippen LogP contribution is 2.32. The first-order valence-electron chi connectivity index (χ1n) is 11.1. The van der Waals surface area contributed by atoms with Crippen LogP contribution < -0.4 is 16.0 Å². The Labute approximate surface area is 189 Å². The van der Waals surface area contributed by atoms with E-state index in [1.54, 1.807) is 0 Å². The zero-order valence-corrected chi connectivity index (χ0v) is 18.3. The lowest BCUT2D eigenvalue weighted by atomic mass is 9.88. The minimum atomic E-state index is -4.47. The van der Waals surface area contributed by atoms with Crippen LogP contribution in [0.25, 0.3) is 10.9 Å². The van der Waals surface area contributed by atoms with Gasteiger partial charge in [0.15, 0.2) is 0 Å². The molecule has 1 aromatic carbocycles. The Balaban J connectivity index is 1.24. The highest BCUT2D eigenvalue weighted by Gasteiger charge is 2.35. The average Bonchev–Trinajstić information content (AvgIpc) is 2.74. The predicted molar refractivity (Wildman–Crippen MR) is 116 cm³/mol. The third-order valence-corrected chi connectivity index (χ3v) is 6.27. The fourth-order valence-electron chi connectivity index (χ4n) is 4.59. The summed E-state index contributed by atoms with van der Waals surface area (Å²) in [7, 11) is 0. The van der Waals surface area contributed by atoms with Crippen LogP contribution in [-0.2, 0) is 15.8 Å². The lowest BCUT2D eigenvalue weighted by molar-refractivity contribution is -0.137. The minimum absolute atomic E-state index is 0.00884. The van der Waals surface area contributed by atoms with Crippen LogP contribution in [0.15, 0.2) is 24.5 Å². The molecule has 0 atom stereocenters. The van der Waals surface area contributed by atoms with Gasteiger partial charge >= 0.3 is 6.18 Å². The van der Waals surface area contributed by atoms with E-state index in [4.69, 9.17) is 0 Å². The zero-order valence-electron chi connectivity index (χ0n) is 18.3. The van der Waals surface area contributed by atoms with Crippen LogP contribution in [0, 0.1) is 0 Å². The standard InChI is InChI=1S/C22H27F3N6O2/c1-13(32)29-15-3-5-17(6-4-15)31-10-16(11-31)30-20(33)9-26-21-18-8-14(22(23,24)25)2-7-19(18)27-12-28-21/h2,7-8,12,15-17H,3-6,9-11H2,1H3,(H,29,32)(H,30,33)(H,26,27,28)/t15-,17-. The van der Waals surface area contributed by atoms with Gasteiger partial charge in [-0.25, -0.2) is 9.97 Å². The second-order valence-corrected chi connectivity index (χ2v) is 8.73. The van der Waals surface area contributed by atoms with Gasteiger partial charge in [0.1, 0.15) is 12.1 Å². The van der Waals surface area contributed by atoms with Crippen molar-refractivity contribution in [2.24, 2.45) is 0 Å². The van der Waals surface area contributed by atoms with Gasteiger partial charge in [0.25, 0.3) is 0 Å². The van der Waals surface area contributed by atoms with Crippen LogP contribution in [0.5, 0.6) is 0 Å². The first kappa shape index (κ1) is 23.2. The molecule has 2 aromatic rings. The van der Waals surface area contributed by atoms with Gasteiger partial charge in [-0.05, 0) is 43.9 Å². The van der Waals surface area contributed by atoms with Crippen molar-refractivity contribution in [1.29, 1.82) is 0 Å². The van der Waals surface area contributed by atoms with E-state index in [0.717, 1.165) is 50.9 Å². The van der Waals surface area contributed by atoms with E-state index >= 15 is 0 Å². The Kier molecular flexibility index (Phi) is 6.68. The summed E-state index contributed by atoms with van der Waals surface area (Å²) in [4.78, 5) is 33.9. The number of anilines is 1. The lowest BCUT2D eigenvalue weighted by Gasteiger charge is -2.46. The van der Waals surface area contributed by atoms with E-state index in [-0.39, 0.29) is 41.6 Å². The number of rotatable bonds is 6. The summed E-state index contributed by atoms with van der Waals surface area (Å²) in [5.41, 5.74) is -0.429. The molecule has 33 heavy (non-hydrogen) atoms. The summed E-state index contributed by atoms with van der Waals surface area (Å²) in [6, 6.07) is 4.02. The smallest absolute Gasteiger partial charge is 0.360 e. The highest BCUT2D eigenvalue weighted by atomic mass is 19.4. The van der Waals surface area contributed by atoms with Crippen LogP contribution in [0.3, 0.4) is 0 Å². The molecule has 1 aliphatic carbocycles. The van der Waals surface area contributed by atoms with Crippen molar-refractivity contribution in [1.82, 2.24) is 25.5 Å². The third-order valence-electron chi connectivity index (χ3n) is 6.27. The summed E-state index contributed by atoms with van der Waals surface area (Å²) in [5, 5.41) is 8.97. The maximum atomic E-state index is 13.0. The number of halogens is 3. The van der Waals surface area contributed by atoms with Crippen molar-refractivity contribution in [3.63, 3.8) is 0 Å². The van der Waals surface area contributed by atoms with Crippen LogP contribution in [0.1, 0.15) is 38.2 Å². The van der Waals surface area contributed by atoms with Gasteiger partial charge in [0, 0.05) is 37.5 Å². The summed E-state index contributed by atoms with van der Waals surface area (Å²) in [5.74, 6) is -0.0466. The van der Waals surface area contributed by atoms with Crippen molar-refractivity contribution in [2.75, 3.05) is 25.0 Å². The van der Waals surface area contributed by atoms with E-state index < -0.39 is 11.7 Å². The topological polar surface area (TPSA) is 99.2 Å². The zero-order chi connectivity index (χ0) is 23.6. The fraction of sp³-hybridized carbons (Fsp3) is 0.545. The Bertz CT molecular complexity index is 1020. The normalized spacial score (nSPS) is 21.9. The van der Waals surface area contributed by atoms with Gasteiger partial charge in [-0.3, -0.25) is 14.5 Å². The van der Waals surface area contributed by atoms with Crippen molar-refractivity contribution in [3.8, 4) is 0 Å². The molecule has 178 valence electrons. The molecule has 2 amide bonds. The molecule has 3 N–H and O–H groups in total. The predicted octanol–water partition coefficient (Wildman–Crippen LogP) is 2.31. The molecular formula is C22H27F3N6O2. The number of carbonyl (C=O) groups is 2. The number of nitrogens with zero attached hydrogens (tertiary/aromatic N) is 3. The van der Waals surface area contributed by atoms with Crippen LogP contribution in [-0.4, -0.2) is 64.4 Å². The van der Waals surface area contributed by atoms with Gasteiger partial charge in [0.2, 0.25) is 11.8 Å². The second-order valence-electron chi connectivity index (χ2n) is 8.73. The molecular weight excluding hydrogens is 437 g/mol. The molecule has 0 unspecified atom stereocenters. The maximum absolute atomic E-state index is 13.0. The van der Waals surface area contributed by atoms with E-state index in [0.29, 0.717) is 11.6 Å². The monoisotopic (exact) mass is 464 g/mol. The van der Waals surface area contributed by atoms with Crippen molar-refractivity contribution in [2.45, 2.75) is 56.9 Å². The number of nitrogens with one attached hydrogen (secondary N) is 3. The van der Waals surface area contributed by atoms with Crippen LogP contribution in [0.4, 0.5) is 19.0 Å². The van der Waals surface area contributed by atoms with Crippen molar-refractivity contribution >= 4 is 28.5 Å². The molecule has 2 fully saturated rings. The number of hydrogen-bond acceptors (Lipinski definition) is 6. The molecule has 4 rings (SSSR count). The fourth-order valence-corrected chi connectivity index (χ4v) is 4.59. The summed E-state index contributed by atoms with van der Waals surface area (Å²) >= 11 is 0. The number of aromatic nitrogens is 2. The molecule has 1 saturated carbocycles. The Morgan fingerprint density at radius 2 is 1.79 bits per heavy atom. The number of likely N-dealkylation sites (tertiary alicyclic amines) is 1. The van der Waals surface area contributed by atoms with Crippen molar-refractivity contribution in [3.05, 3.63) is 30.1 Å². The van der Waals surface area contributed by atoms with Crippen LogP contribution in [0.2, 0.25) is 0 Å². The number of hydrogen-bond donors (Lipinski definition) is 3. The van der Waals surface area contributed by atoms with Crippen LogP contribution >= 0.6 is 0 Å². The molecule has 0 bridgehead atoms. The Morgan fingerprint density at radius 1 is 1.06 bits per heavy atom. The number of benzene rings is 1. The SMILES string of the molecule is CC(=O)N[C@H]1CC[C@H](N2CC(NC(=O)CNc3ncnc4ccc(C(F)(F)F)cc34)C2)CC1. The lowest BCUT2D eigenvalue weighted by Crippen LogP contribution is -2.63. The van der Waals surface area contributed by atoms with Gasteiger partial charge in [-0.15, -0.1) is 0 Å². The van der Waals surface area contributed by atoms with Gasteiger partial charge in [-0.1, -0.05) is 0 Å². The maximum Gasteiger partial charge on any atom is 0.416 e. The average molecular weight is 464 g/mol. The first-order valence-corrected chi connectivity index (χ1v) is 11.1. The van der Waals surface area contributed by atoms with E-state index in [9.17, 15) is 22.8 Å². The molecule has 2 aliphatic rings. The molecule has 1 aromatic heterocycles. The largest absolute Gasteiger partial charge is 0.416 e. The minimum Gasteiger partial charge on any atom is -0.360 e. The summed E-state index contributed by atoms with van der Waals surface area (Å²) < 4.78 is 39.1. The summed E-state index contributed by atoms with van der Waals surface area (Å²) in [6.07, 6.45) is 0.745. The van der Waals surface area contributed by atoms with Gasteiger partial charge < -0.3 is 16.0 Å². The van der Waals surface area contributed by atoms with Crippen molar-refractivity contribution < 1.29 is 22.8 Å². The van der Waals surface area contributed by atoms with Gasteiger partial charge in [-0.2, -0.15) is 13.2 Å². The summed E-state index contributed by atoms with van der Waals surface area (Å²) in [6.45, 7) is 2.98. The highest BCUT2D eigenvalue weighted by molar-refractivity contribution is 5.91. The first-order chi connectivity index (χ1) is 15.7. The Hall–Kier alpha value is -2.95. The molecule has 8 nitrogen and oxygen atoms in total. The van der Waals surface area contributed by atoms with E-state index in [2.05, 4.69) is 30.8 Å². The van der Waals surface area contributed by atoms with E-state index in [1.165, 1.54) is 19.3 Å². The molecule has 2 heterocycles. The van der Waals surface area contributed by atoms with Gasteiger partial charge in [0.05, 0.1) is 23.7 Å². The number of alkyl halides is 3. The van der Waals surface area contributed by atoms with E-state index in [1.807, 2.05) is 0 Å². The quantitative estimate of drug-likeness (QED) is 0.607. The second kappa shape index (κ2) is 9.50. The number of fused-ring (bicyclic) bond motifs is 1. The third kappa shape index (κ3) is 5.70. The Morgan fingerprint density at radius 3 is 2.45 bits per heavy atom. The molecule has 1 aliphatic heterocycles. The molecule has 0 spiro atoms. The number of carbonyl (C=O) groups excluding carboxylic acids is 2. The molecule has 11 heteroatoms.